The first kappa shape index (κ1) is 17.2. The van der Waals surface area contributed by atoms with Gasteiger partial charge in [-0.05, 0) is 42.5 Å². The van der Waals surface area contributed by atoms with Gasteiger partial charge in [0.15, 0.2) is 6.61 Å². The number of aryl methyl sites for hydroxylation is 1. The molecule has 3 rings (SSSR count). The quantitative estimate of drug-likeness (QED) is 0.700. The van der Waals surface area contributed by atoms with Crippen molar-refractivity contribution in [3.63, 3.8) is 0 Å². The zero-order valence-electron chi connectivity index (χ0n) is 13.8. The van der Waals surface area contributed by atoms with E-state index in [-0.39, 0.29) is 5.91 Å². The average Bonchev–Trinajstić information content (AvgIpc) is 3.07. The van der Waals surface area contributed by atoms with Crippen LogP contribution in [-0.4, -0.2) is 33.7 Å². The summed E-state index contributed by atoms with van der Waals surface area (Å²) in [5.74, 6) is -0.167. The Morgan fingerprint density at radius 1 is 1.19 bits per heavy atom. The molecule has 0 aliphatic carbocycles. The largest absolute Gasteiger partial charge is 0.482 e. The van der Waals surface area contributed by atoms with Crippen LogP contribution in [0.1, 0.15) is 16.2 Å². The second kappa shape index (κ2) is 7.47. The highest BCUT2D eigenvalue weighted by Crippen LogP contribution is 2.20. The van der Waals surface area contributed by atoms with Crippen molar-refractivity contribution < 1.29 is 24.0 Å². The van der Waals surface area contributed by atoms with Crippen LogP contribution in [0.3, 0.4) is 0 Å². The van der Waals surface area contributed by atoms with E-state index in [1.807, 2.05) is 0 Å². The zero-order chi connectivity index (χ0) is 18.5. The molecule has 0 aliphatic rings. The summed E-state index contributed by atoms with van der Waals surface area (Å²) in [6.45, 7) is 1.24. The number of amides is 1. The number of carboxylic acid groups (broad SMARTS) is 1. The molecule has 0 bridgehead atoms. The lowest BCUT2D eigenvalue weighted by molar-refractivity contribution is -0.139. The molecular formula is C18H15N3O5. The molecule has 0 saturated heterocycles. The van der Waals surface area contributed by atoms with E-state index < -0.39 is 12.6 Å². The number of nitrogens with one attached hydrogen (secondary N) is 1. The van der Waals surface area contributed by atoms with Crippen molar-refractivity contribution in [3.8, 4) is 17.1 Å². The summed E-state index contributed by atoms with van der Waals surface area (Å²) in [6.07, 6.45) is 0. The van der Waals surface area contributed by atoms with Crippen LogP contribution in [0.2, 0.25) is 0 Å². The highest BCUT2D eigenvalue weighted by molar-refractivity contribution is 6.04. The van der Waals surface area contributed by atoms with Crippen molar-refractivity contribution in [1.82, 2.24) is 10.1 Å². The highest BCUT2D eigenvalue weighted by atomic mass is 16.5. The molecular weight excluding hydrogens is 338 g/mol. The molecule has 2 aromatic carbocycles. The maximum atomic E-state index is 12.3. The fraction of sp³-hybridized carbons (Fsp3) is 0.111. The first-order valence-corrected chi connectivity index (χ1v) is 7.68. The molecule has 8 heteroatoms. The van der Waals surface area contributed by atoms with Gasteiger partial charge in [-0.25, -0.2) is 4.79 Å². The molecule has 0 fully saturated rings. The number of aliphatic carboxylic acids is 1. The number of nitrogens with zero attached hydrogens (tertiary/aromatic N) is 2. The number of aromatic nitrogens is 2. The van der Waals surface area contributed by atoms with Gasteiger partial charge in [-0.2, -0.15) is 4.98 Å². The molecule has 0 unspecified atom stereocenters. The predicted molar refractivity (Wildman–Crippen MR) is 92.0 cm³/mol. The Balaban J connectivity index is 1.68. The van der Waals surface area contributed by atoms with E-state index in [0.717, 1.165) is 5.56 Å². The average molecular weight is 353 g/mol. The summed E-state index contributed by atoms with van der Waals surface area (Å²) in [4.78, 5) is 27.0. The normalized spacial score (nSPS) is 10.3. The number of benzene rings is 2. The van der Waals surface area contributed by atoms with Crippen molar-refractivity contribution >= 4 is 17.6 Å². The van der Waals surface area contributed by atoms with Gasteiger partial charge in [-0.15, -0.1) is 0 Å². The second-order valence-corrected chi connectivity index (χ2v) is 5.38. The Kier molecular flexibility index (Phi) is 4.93. The fourth-order valence-corrected chi connectivity index (χ4v) is 2.19. The van der Waals surface area contributed by atoms with Gasteiger partial charge in [0, 0.05) is 23.7 Å². The van der Waals surface area contributed by atoms with Gasteiger partial charge in [-0.1, -0.05) is 11.2 Å². The summed E-state index contributed by atoms with van der Waals surface area (Å²) < 4.78 is 10.0. The van der Waals surface area contributed by atoms with Crippen LogP contribution in [0.4, 0.5) is 5.69 Å². The molecule has 0 saturated carbocycles. The third kappa shape index (κ3) is 4.23. The monoisotopic (exact) mass is 353 g/mol. The van der Waals surface area contributed by atoms with Crippen molar-refractivity contribution in [1.29, 1.82) is 0 Å². The highest BCUT2D eigenvalue weighted by Gasteiger charge is 2.10. The summed E-state index contributed by atoms with van der Waals surface area (Å²) in [5, 5.41) is 15.2. The number of anilines is 1. The first-order chi connectivity index (χ1) is 12.5. The third-order valence-corrected chi connectivity index (χ3v) is 3.39. The van der Waals surface area contributed by atoms with E-state index in [4.69, 9.17) is 14.4 Å². The van der Waals surface area contributed by atoms with E-state index in [0.29, 0.717) is 28.7 Å². The Morgan fingerprint density at radius 2 is 1.96 bits per heavy atom. The molecule has 132 valence electrons. The van der Waals surface area contributed by atoms with Crippen molar-refractivity contribution in [2.75, 3.05) is 11.9 Å². The van der Waals surface area contributed by atoms with Crippen LogP contribution < -0.4 is 10.1 Å². The number of hydrogen-bond donors (Lipinski definition) is 2. The molecule has 8 nitrogen and oxygen atoms in total. The molecule has 1 heterocycles. The van der Waals surface area contributed by atoms with Crippen molar-refractivity contribution in [2.24, 2.45) is 0 Å². The molecule has 1 amide bonds. The minimum atomic E-state index is -1.09. The lowest BCUT2D eigenvalue weighted by atomic mass is 10.1. The maximum Gasteiger partial charge on any atom is 0.341 e. The minimum Gasteiger partial charge on any atom is -0.482 e. The minimum absolute atomic E-state index is 0.308. The van der Waals surface area contributed by atoms with E-state index >= 15 is 0 Å². The zero-order valence-corrected chi connectivity index (χ0v) is 13.8. The molecule has 26 heavy (non-hydrogen) atoms. The fourth-order valence-electron chi connectivity index (χ4n) is 2.19. The van der Waals surface area contributed by atoms with Gasteiger partial charge >= 0.3 is 5.97 Å². The van der Waals surface area contributed by atoms with Gasteiger partial charge in [0.05, 0.1) is 0 Å². The van der Waals surface area contributed by atoms with E-state index in [1.165, 1.54) is 6.07 Å². The number of rotatable bonds is 6. The van der Waals surface area contributed by atoms with Crippen LogP contribution in [0, 0.1) is 6.92 Å². The van der Waals surface area contributed by atoms with Crippen LogP contribution in [0.5, 0.6) is 5.75 Å². The van der Waals surface area contributed by atoms with Gasteiger partial charge in [0.25, 0.3) is 5.91 Å². The second-order valence-electron chi connectivity index (χ2n) is 5.38. The summed E-state index contributed by atoms with van der Waals surface area (Å²) in [6, 6.07) is 13.3. The molecule has 3 aromatic rings. The van der Waals surface area contributed by atoms with Gasteiger partial charge in [0.2, 0.25) is 11.7 Å². The smallest absolute Gasteiger partial charge is 0.341 e. The van der Waals surface area contributed by atoms with Gasteiger partial charge < -0.3 is 19.7 Å². The molecule has 0 atom stereocenters. The van der Waals surface area contributed by atoms with Gasteiger partial charge in [-0.3, -0.25) is 4.79 Å². The molecule has 0 aliphatic heterocycles. The summed E-state index contributed by atoms with van der Waals surface area (Å²) in [7, 11) is 0. The van der Waals surface area contributed by atoms with Crippen molar-refractivity contribution in [2.45, 2.75) is 6.92 Å². The molecule has 0 spiro atoms. The molecule has 1 aromatic heterocycles. The molecule has 0 radical (unpaired) electrons. The Labute approximate surface area is 148 Å². The maximum absolute atomic E-state index is 12.3. The van der Waals surface area contributed by atoms with E-state index in [9.17, 15) is 9.59 Å². The Bertz CT molecular complexity index is 934. The van der Waals surface area contributed by atoms with Crippen LogP contribution in [-0.2, 0) is 4.79 Å². The molecule has 2 N–H and O–H groups in total. The van der Waals surface area contributed by atoms with Crippen molar-refractivity contribution in [3.05, 3.63) is 60.0 Å². The standard InChI is InChI=1S/C18H15N3O5/c1-11-19-17(21-26-11)12-5-7-14(8-6-12)20-18(24)13-3-2-4-15(9-13)25-10-16(22)23/h2-9H,10H2,1H3,(H,20,24)(H,22,23). The van der Waals surface area contributed by atoms with Crippen LogP contribution in [0.15, 0.2) is 53.1 Å². The number of ether oxygens (including phenoxy) is 1. The SMILES string of the molecule is Cc1nc(-c2ccc(NC(=O)c3cccc(OCC(=O)O)c3)cc2)no1. The first-order valence-electron chi connectivity index (χ1n) is 7.68. The predicted octanol–water partition coefficient (Wildman–Crippen LogP) is 2.76. The van der Waals surface area contributed by atoms with E-state index in [1.54, 1.807) is 49.4 Å². The number of carbonyl (C=O) groups is 2. The third-order valence-electron chi connectivity index (χ3n) is 3.39. The number of carbonyl (C=O) groups excluding carboxylic acids is 1. The topological polar surface area (TPSA) is 115 Å². The number of carboxylic acids is 1. The number of hydrogen-bond acceptors (Lipinski definition) is 6. The van der Waals surface area contributed by atoms with Crippen LogP contribution >= 0.6 is 0 Å². The summed E-state index contributed by atoms with van der Waals surface area (Å²) >= 11 is 0. The van der Waals surface area contributed by atoms with E-state index in [2.05, 4.69) is 15.5 Å². The lowest BCUT2D eigenvalue weighted by Crippen LogP contribution is -2.13. The van der Waals surface area contributed by atoms with Gasteiger partial charge in [0.1, 0.15) is 5.75 Å². The lowest BCUT2D eigenvalue weighted by Gasteiger charge is -2.08. The summed E-state index contributed by atoms with van der Waals surface area (Å²) in [5.41, 5.74) is 1.71. The Hall–Kier alpha value is -3.68. The Morgan fingerprint density at radius 3 is 2.62 bits per heavy atom. The van der Waals surface area contributed by atoms with Crippen LogP contribution in [0.25, 0.3) is 11.4 Å².